The Morgan fingerprint density at radius 1 is 1.27 bits per heavy atom. The Labute approximate surface area is 129 Å². The first-order valence-electron chi connectivity index (χ1n) is 7.43. The molecule has 0 saturated heterocycles. The average molecular weight is 300 g/mol. The minimum absolute atomic E-state index is 0.300. The van der Waals surface area contributed by atoms with E-state index >= 15 is 0 Å². The van der Waals surface area contributed by atoms with Gasteiger partial charge in [-0.05, 0) is 26.3 Å². The summed E-state index contributed by atoms with van der Waals surface area (Å²) in [5.74, 6) is 0. The number of carbonyl (C=O) groups is 2. The zero-order chi connectivity index (χ0) is 15.9. The molecule has 0 unspecified atom stereocenters. The van der Waals surface area contributed by atoms with Gasteiger partial charge in [0, 0.05) is 30.2 Å². The highest BCUT2D eigenvalue weighted by molar-refractivity contribution is 5.99. The number of hydrogen-bond acceptors (Lipinski definition) is 3. The molecule has 116 valence electrons. The smallest absolute Gasteiger partial charge is 0.410 e. The molecule has 2 aromatic rings. The molecule has 1 aliphatic heterocycles. The van der Waals surface area contributed by atoms with Crippen LogP contribution in [0.4, 0.5) is 4.79 Å². The van der Waals surface area contributed by atoms with Crippen LogP contribution in [0.15, 0.2) is 24.4 Å². The van der Waals surface area contributed by atoms with Crippen LogP contribution >= 0.6 is 0 Å². The van der Waals surface area contributed by atoms with Gasteiger partial charge < -0.3 is 14.2 Å². The molecule has 0 spiro atoms. The third-order valence-corrected chi connectivity index (χ3v) is 3.76. The molecule has 0 aliphatic carbocycles. The molecule has 0 saturated carbocycles. The molecule has 5 nitrogen and oxygen atoms in total. The Bertz CT molecular complexity index is 740. The van der Waals surface area contributed by atoms with Crippen LogP contribution in [-0.2, 0) is 17.8 Å². The van der Waals surface area contributed by atoms with Crippen molar-refractivity contribution >= 4 is 23.3 Å². The van der Waals surface area contributed by atoms with Gasteiger partial charge in [-0.3, -0.25) is 4.79 Å². The highest BCUT2D eigenvalue weighted by Crippen LogP contribution is 2.27. The van der Waals surface area contributed by atoms with Crippen LogP contribution in [0.25, 0.3) is 10.9 Å². The maximum absolute atomic E-state index is 12.3. The van der Waals surface area contributed by atoms with Crippen LogP contribution in [0.2, 0.25) is 0 Å². The lowest BCUT2D eigenvalue weighted by atomic mass is 10.1. The monoisotopic (exact) mass is 300 g/mol. The van der Waals surface area contributed by atoms with Gasteiger partial charge in [-0.2, -0.15) is 0 Å². The summed E-state index contributed by atoms with van der Waals surface area (Å²) >= 11 is 0. The summed E-state index contributed by atoms with van der Waals surface area (Å²) in [7, 11) is 0. The van der Waals surface area contributed by atoms with Gasteiger partial charge in [-0.25, -0.2) is 4.79 Å². The van der Waals surface area contributed by atoms with Crippen molar-refractivity contribution in [3.63, 3.8) is 0 Å². The van der Waals surface area contributed by atoms with Gasteiger partial charge in [-0.15, -0.1) is 0 Å². The van der Waals surface area contributed by atoms with Gasteiger partial charge >= 0.3 is 6.09 Å². The first-order chi connectivity index (χ1) is 10.4. The lowest BCUT2D eigenvalue weighted by Gasteiger charge is -2.26. The average Bonchev–Trinajstić information content (AvgIpc) is 2.68. The van der Waals surface area contributed by atoms with Crippen molar-refractivity contribution in [1.29, 1.82) is 0 Å². The lowest BCUT2D eigenvalue weighted by molar-refractivity contribution is 0.0232. The molecular formula is C17H20N2O3. The minimum Gasteiger partial charge on any atom is -0.444 e. The van der Waals surface area contributed by atoms with E-state index in [2.05, 4.69) is 4.57 Å². The van der Waals surface area contributed by atoms with E-state index in [0.717, 1.165) is 22.8 Å². The second-order valence-electron chi connectivity index (χ2n) is 6.61. The number of para-hydroxylation sites is 1. The van der Waals surface area contributed by atoms with E-state index in [1.807, 2.05) is 45.2 Å². The Hall–Kier alpha value is -2.30. The summed E-state index contributed by atoms with van der Waals surface area (Å²) in [5, 5.41) is 0.943. The molecule has 0 N–H and O–H groups in total. The standard InChI is InChI=1S/C17H20N2O3/c1-17(2,3)22-16(21)19-8-7-18-10-13(11-20)14-6-4-5-12(9-19)15(14)18/h4-6,10-11H,7-9H2,1-3H3. The summed E-state index contributed by atoms with van der Waals surface area (Å²) in [6.45, 7) is 7.30. The van der Waals surface area contributed by atoms with E-state index in [4.69, 9.17) is 4.74 Å². The summed E-state index contributed by atoms with van der Waals surface area (Å²) in [6, 6.07) is 5.87. The van der Waals surface area contributed by atoms with Crippen molar-refractivity contribution in [1.82, 2.24) is 9.47 Å². The lowest BCUT2D eigenvalue weighted by Crippen LogP contribution is -2.37. The fourth-order valence-corrected chi connectivity index (χ4v) is 2.86. The van der Waals surface area contributed by atoms with E-state index < -0.39 is 5.60 Å². The first kappa shape index (κ1) is 14.6. The van der Waals surface area contributed by atoms with Gasteiger partial charge in [0.2, 0.25) is 0 Å². The van der Waals surface area contributed by atoms with Crippen LogP contribution in [0, 0.1) is 0 Å². The Balaban J connectivity index is 1.96. The molecule has 0 bridgehead atoms. The fourth-order valence-electron chi connectivity index (χ4n) is 2.86. The third kappa shape index (κ3) is 2.58. The van der Waals surface area contributed by atoms with Gasteiger partial charge in [0.15, 0.2) is 6.29 Å². The highest BCUT2D eigenvalue weighted by Gasteiger charge is 2.25. The number of nitrogens with zero attached hydrogens (tertiary/aromatic N) is 2. The molecule has 22 heavy (non-hydrogen) atoms. The number of hydrogen-bond donors (Lipinski definition) is 0. The van der Waals surface area contributed by atoms with Crippen molar-refractivity contribution < 1.29 is 14.3 Å². The van der Waals surface area contributed by atoms with E-state index in [-0.39, 0.29) is 6.09 Å². The predicted octanol–water partition coefficient (Wildman–Crippen LogP) is 3.20. The van der Waals surface area contributed by atoms with Crippen LogP contribution in [0.5, 0.6) is 0 Å². The van der Waals surface area contributed by atoms with Gasteiger partial charge in [-0.1, -0.05) is 18.2 Å². The van der Waals surface area contributed by atoms with Gasteiger partial charge in [0.05, 0.1) is 12.1 Å². The van der Waals surface area contributed by atoms with Crippen molar-refractivity contribution in [2.45, 2.75) is 39.5 Å². The number of rotatable bonds is 1. The zero-order valence-corrected chi connectivity index (χ0v) is 13.1. The molecule has 5 heteroatoms. The Morgan fingerprint density at radius 2 is 2.05 bits per heavy atom. The summed E-state index contributed by atoms with van der Waals surface area (Å²) < 4.78 is 7.52. The molecule has 0 atom stereocenters. The van der Waals surface area contributed by atoms with Crippen molar-refractivity contribution in [2.24, 2.45) is 0 Å². The minimum atomic E-state index is -0.505. The second kappa shape index (κ2) is 5.16. The molecular weight excluding hydrogens is 280 g/mol. The number of ether oxygens (including phenoxy) is 1. The van der Waals surface area contributed by atoms with Crippen LogP contribution in [-0.4, -0.2) is 34.0 Å². The van der Waals surface area contributed by atoms with Crippen molar-refractivity contribution in [3.8, 4) is 0 Å². The van der Waals surface area contributed by atoms with E-state index in [1.165, 1.54) is 0 Å². The molecule has 1 aromatic heterocycles. The SMILES string of the molecule is CC(C)(C)OC(=O)N1CCn2cc(C=O)c3cccc(c32)C1. The molecule has 1 aromatic carbocycles. The first-order valence-corrected chi connectivity index (χ1v) is 7.43. The number of aldehydes is 1. The topological polar surface area (TPSA) is 51.5 Å². The third-order valence-electron chi connectivity index (χ3n) is 3.76. The number of aromatic nitrogens is 1. The fraction of sp³-hybridized carbons (Fsp3) is 0.412. The Morgan fingerprint density at radius 3 is 2.73 bits per heavy atom. The van der Waals surface area contributed by atoms with E-state index in [0.29, 0.717) is 25.2 Å². The molecule has 2 heterocycles. The zero-order valence-electron chi connectivity index (χ0n) is 13.1. The summed E-state index contributed by atoms with van der Waals surface area (Å²) in [5.41, 5.74) is 2.27. The number of benzene rings is 1. The van der Waals surface area contributed by atoms with Crippen LogP contribution in [0.3, 0.4) is 0 Å². The van der Waals surface area contributed by atoms with E-state index in [1.54, 1.807) is 4.90 Å². The number of amides is 1. The summed E-state index contributed by atoms with van der Waals surface area (Å²) in [4.78, 5) is 25.2. The van der Waals surface area contributed by atoms with Crippen LogP contribution in [0.1, 0.15) is 36.7 Å². The largest absolute Gasteiger partial charge is 0.444 e. The molecule has 1 aliphatic rings. The van der Waals surface area contributed by atoms with Crippen molar-refractivity contribution in [2.75, 3.05) is 6.54 Å². The predicted molar refractivity (Wildman–Crippen MR) is 84.0 cm³/mol. The maximum atomic E-state index is 12.3. The quantitative estimate of drug-likeness (QED) is 0.760. The molecule has 0 fully saturated rings. The van der Waals surface area contributed by atoms with Gasteiger partial charge in [0.25, 0.3) is 0 Å². The summed E-state index contributed by atoms with van der Waals surface area (Å²) in [6.07, 6.45) is 2.45. The molecule has 1 amide bonds. The highest BCUT2D eigenvalue weighted by atomic mass is 16.6. The Kier molecular flexibility index (Phi) is 3.43. The normalized spacial score (nSPS) is 14.8. The molecule has 0 radical (unpaired) electrons. The second-order valence-corrected chi connectivity index (χ2v) is 6.61. The van der Waals surface area contributed by atoms with E-state index in [9.17, 15) is 9.59 Å². The number of carbonyl (C=O) groups excluding carboxylic acids is 2. The van der Waals surface area contributed by atoms with Crippen molar-refractivity contribution in [3.05, 3.63) is 35.5 Å². The van der Waals surface area contributed by atoms with Crippen LogP contribution < -0.4 is 0 Å². The maximum Gasteiger partial charge on any atom is 0.410 e. The van der Waals surface area contributed by atoms with Gasteiger partial charge in [0.1, 0.15) is 5.60 Å². The molecule has 3 rings (SSSR count).